The predicted molar refractivity (Wildman–Crippen MR) is 134 cm³/mol. The lowest BCUT2D eigenvalue weighted by atomic mass is 10.1. The van der Waals surface area contributed by atoms with Crippen molar-refractivity contribution in [1.29, 1.82) is 0 Å². The number of hydrogen-bond donors (Lipinski definition) is 2. The number of benzene rings is 2. The van der Waals surface area contributed by atoms with Gasteiger partial charge in [-0.3, -0.25) is 9.48 Å². The maximum Gasteiger partial charge on any atom is 0.262 e. The van der Waals surface area contributed by atoms with Gasteiger partial charge < -0.3 is 15.4 Å². The topological polar surface area (TPSA) is 68.2 Å². The average Bonchev–Trinajstić information content (AvgIpc) is 3.09. The zero-order chi connectivity index (χ0) is 25.7. The number of aryl methyl sites for hydroxylation is 1. The first-order valence-corrected chi connectivity index (χ1v) is 11.9. The first kappa shape index (κ1) is 26.6. The quantitative estimate of drug-likeness (QED) is 0.357. The van der Waals surface area contributed by atoms with Crippen LogP contribution in [0.25, 0.3) is 0 Å². The van der Waals surface area contributed by atoms with Crippen molar-refractivity contribution in [3.05, 3.63) is 75.4 Å². The predicted octanol–water partition coefficient (Wildman–Crippen LogP) is 5.96. The Labute approximate surface area is 209 Å². The SMILES string of the molecule is Cc1cc(NC(=O)c2c(F)cc(CNC(C)C)cc2F)nn1Cc1cc(Cl)ccc1OCC(C)C. The highest BCUT2D eigenvalue weighted by molar-refractivity contribution is 6.30. The molecule has 0 radical (unpaired) electrons. The number of aromatic nitrogens is 2. The summed E-state index contributed by atoms with van der Waals surface area (Å²) in [6.07, 6.45) is 0. The maximum atomic E-state index is 14.6. The Hall–Kier alpha value is -2.97. The summed E-state index contributed by atoms with van der Waals surface area (Å²) >= 11 is 6.19. The van der Waals surface area contributed by atoms with Gasteiger partial charge in [0.1, 0.15) is 22.9 Å². The van der Waals surface area contributed by atoms with E-state index >= 15 is 0 Å². The van der Waals surface area contributed by atoms with Crippen molar-refractivity contribution in [3.63, 3.8) is 0 Å². The van der Waals surface area contributed by atoms with E-state index < -0.39 is 23.1 Å². The Morgan fingerprint density at radius 1 is 1.11 bits per heavy atom. The lowest BCUT2D eigenvalue weighted by Gasteiger charge is -2.14. The largest absolute Gasteiger partial charge is 0.493 e. The second-order valence-corrected chi connectivity index (χ2v) is 9.65. The van der Waals surface area contributed by atoms with Crippen LogP contribution < -0.4 is 15.4 Å². The van der Waals surface area contributed by atoms with E-state index in [0.717, 1.165) is 23.4 Å². The van der Waals surface area contributed by atoms with Gasteiger partial charge in [0.05, 0.1) is 13.2 Å². The van der Waals surface area contributed by atoms with E-state index in [-0.39, 0.29) is 11.9 Å². The molecule has 0 aliphatic heterocycles. The fraction of sp³-hybridized carbons (Fsp3) is 0.385. The van der Waals surface area contributed by atoms with E-state index in [1.807, 2.05) is 26.8 Å². The Morgan fingerprint density at radius 2 is 1.80 bits per heavy atom. The van der Waals surface area contributed by atoms with E-state index in [0.29, 0.717) is 41.9 Å². The molecule has 188 valence electrons. The summed E-state index contributed by atoms with van der Waals surface area (Å²) in [6.45, 7) is 11.0. The Bertz CT molecular complexity index is 1170. The molecule has 2 N–H and O–H groups in total. The third-order valence-corrected chi connectivity index (χ3v) is 5.42. The van der Waals surface area contributed by atoms with Crippen LogP contribution in [0.1, 0.15) is 54.9 Å². The molecule has 1 amide bonds. The van der Waals surface area contributed by atoms with Crippen LogP contribution in [0.15, 0.2) is 36.4 Å². The summed E-state index contributed by atoms with van der Waals surface area (Å²) in [5, 5.41) is 10.5. The van der Waals surface area contributed by atoms with Crippen molar-refractivity contribution < 1.29 is 18.3 Å². The van der Waals surface area contributed by atoms with Crippen LogP contribution in [-0.4, -0.2) is 28.3 Å². The van der Waals surface area contributed by atoms with Crippen LogP contribution in [-0.2, 0) is 13.1 Å². The lowest BCUT2D eigenvalue weighted by Crippen LogP contribution is -2.22. The van der Waals surface area contributed by atoms with Crippen molar-refractivity contribution >= 4 is 23.3 Å². The van der Waals surface area contributed by atoms with Gasteiger partial charge in [-0.15, -0.1) is 0 Å². The first-order valence-electron chi connectivity index (χ1n) is 11.5. The molecule has 6 nitrogen and oxygen atoms in total. The number of nitrogens with one attached hydrogen (secondary N) is 2. The first-order chi connectivity index (χ1) is 16.5. The second-order valence-electron chi connectivity index (χ2n) is 9.21. The molecule has 0 bridgehead atoms. The van der Waals surface area contributed by atoms with E-state index in [9.17, 15) is 13.6 Å². The van der Waals surface area contributed by atoms with Gasteiger partial charge in [0.2, 0.25) is 0 Å². The van der Waals surface area contributed by atoms with Gasteiger partial charge in [-0.25, -0.2) is 8.78 Å². The number of carbonyl (C=O) groups excluding carboxylic acids is 1. The molecule has 1 aromatic heterocycles. The molecule has 0 saturated heterocycles. The van der Waals surface area contributed by atoms with Gasteiger partial charge in [-0.05, 0) is 48.7 Å². The van der Waals surface area contributed by atoms with Gasteiger partial charge in [0, 0.05) is 34.9 Å². The summed E-state index contributed by atoms with van der Waals surface area (Å²) in [5.41, 5.74) is 1.34. The van der Waals surface area contributed by atoms with E-state index in [1.54, 1.807) is 22.9 Å². The molecule has 0 fully saturated rings. The van der Waals surface area contributed by atoms with Crippen molar-refractivity contribution in [3.8, 4) is 5.75 Å². The molecule has 0 unspecified atom stereocenters. The molecule has 0 spiro atoms. The monoisotopic (exact) mass is 504 g/mol. The molecule has 1 heterocycles. The van der Waals surface area contributed by atoms with Crippen LogP contribution in [0.4, 0.5) is 14.6 Å². The fourth-order valence-corrected chi connectivity index (χ4v) is 3.60. The van der Waals surface area contributed by atoms with Crippen molar-refractivity contribution in [1.82, 2.24) is 15.1 Å². The number of halogens is 3. The zero-order valence-corrected chi connectivity index (χ0v) is 21.3. The number of carbonyl (C=O) groups is 1. The number of hydrogen-bond acceptors (Lipinski definition) is 4. The highest BCUT2D eigenvalue weighted by Crippen LogP contribution is 2.25. The molecule has 9 heteroatoms. The van der Waals surface area contributed by atoms with Gasteiger partial charge in [-0.2, -0.15) is 5.10 Å². The minimum atomic E-state index is -0.926. The van der Waals surface area contributed by atoms with Crippen LogP contribution in [0.3, 0.4) is 0 Å². The van der Waals surface area contributed by atoms with E-state index in [2.05, 4.69) is 29.6 Å². The molecule has 35 heavy (non-hydrogen) atoms. The fourth-order valence-electron chi connectivity index (χ4n) is 3.41. The number of anilines is 1. The zero-order valence-electron chi connectivity index (χ0n) is 20.6. The summed E-state index contributed by atoms with van der Waals surface area (Å²) < 4.78 is 36.8. The summed E-state index contributed by atoms with van der Waals surface area (Å²) in [6, 6.07) is 9.49. The summed E-state index contributed by atoms with van der Waals surface area (Å²) in [4.78, 5) is 12.7. The summed E-state index contributed by atoms with van der Waals surface area (Å²) in [5.74, 6) is -1.52. The van der Waals surface area contributed by atoms with Crippen LogP contribution in [0.2, 0.25) is 5.02 Å². The van der Waals surface area contributed by atoms with Crippen molar-refractivity contribution in [2.75, 3.05) is 11.9 Å². The maximum absolute atomic E-state index is 14.6. The standard InChI is InChI=1S/C26H31ClF2N4O2/c1-15(2)14-35-23-7-6-20(27)11-19(23)13-33-17(5)8-24(32-33)31-26(34)25-21(28)9-18(10-22(25)29)12-30-16(3)4/h6-11,15-16,30H,12-14H2,1-5H3,(H,31,32,34). The van der Waals surface area contributed by atoms with Gasteiger partial charge in [0.15, 0.2) is 5.82 Å². The van der Waals surface area contributed by atoms with Gasteiger partial charge in [-0.1, -0.05) is 39.3 Å². The minimum Gasteiger partial charge on any atom is -0.493 e. The Balaban J connectivity index is 1.76. The third-order valence-electron chi connectivity index (χ3n) is 5.18. The average molecular weight is 505 g/mol. The molecule has 3 aromatic rings. The molecule has 0 atom stereocenters. The molecule has 2 aromatic carbocycles. The highest BCUT2D eigenvalue weighted by atomic mass is 35.5. The van der Waals surface area contributed by atoms with Crippen molar-refractivity contribution in [2.45, 2.75) is 53.8 Å². The number of rotatable bonds is 10. The molecule has 0 aliphatic rings. The smallest absolute Gasteiger partial charge is 0.262 e. The minimum absolute atomic E-state index is 0.159. The third kappa shape index (κ3) is 7.26. The number of nitrogens with zero attached hydrogens (tertiary/aromatic N) is 2. The Kier molecular flexibility index (Phi) is 8.86. The van der Waals surface area contributed by atoms with Crippen LogP contribution >= 0.6 is 11.6 Å². The van der Waals surface area contributed by atoms with Crippen molar-refractivity contribution in [2.24, 2.45) is 5.92 Å². The molecule has 0 aliphatic carbocycles. The Morgan fingerprint density at radius 3 is 2.43 bits per heavy atom. The molecular weight excluding hydrogens is 474 g/mol. The summed E-state index contributed by atoms with van der Waals surface area (Å²) in [7, 11) is 0. The highest BCUT2D eigenvalue weighted by Gasteiger charge is 2.20. The van der Waals surface area contributed by atoms with E-state index in [4.69, 9.17) is 16.3 Å². The second kappa shape index (κ2) is 11.6. The normalized spacial score (nSPS) is 11.4. The number of ether oxygens (including phenoxy) is 1. The molecule has 3 rings (SSSR count). The van der Waals surface area contributed by atoms with Gasteiger partial charge in [0.25, 0.3) is 5.91 Å². The van der Waals surface area contributed by atoms with Gasteiger partial charge >= 0.3 is 0 Å². The number of amides is 1. The molecular formula is C26H31ClF2N4O2. The van der Waals surface area contributed by atoms with Crippen LogP contribution in [0, 0.1) is 24.5 Å². The van der Waals surface area contributed by atoms with E-state index in [1.165, 1.54) is 0 Å². The van der Waals surface area contributed by atoms with Crippen LogP contribution in [0.5, 0.6) is 5.75 Å². The lowest BCUT2D eigenvalue weighted by molar-refractivity contribution is 0.101. The molecule has 0 saturated carbocycles.